The third kappa shape index (κ3) is 5.06. The highest BCUT2D eigenvalue weighted by Crippen LogP contribution is 2.24. The number of carbonyl (C=O) groups excluding carboxylic acids is 2. The van der Waals surface area contributed by atoms with E-state index in [1.807, 2.05) is 0 Å². The number of aromatic nitrogens is 2. The van der Waals surface area contributed by atoms with E-state index in [0.29, 0.717) is 12.5 Å². The highest BCUT2D eigenvalue weighted by atomic mass is 32.2. The van der Waals surface area contributed by atoms with E-state index in [-0.39, 0.29) is 28.8 Å². The number of nitrogens with zero attached hydrogens (tertiary/aromatic N) is 1. The van der Waals surface area contributed by atoms with Gasteiger partial charge in [-0.15, -0.1) is 0 Å². The summed E-state index contributed by atoms with van der Waals surface area (Å²) >= 11 is 0.967. The van der Waals surface area contributed by atoms with Crippen molar-refractivity contribution in [3.63, 3.8) is 0 Å². The number of aromatic amines is 1. The molecular formula is C17H18F2N4O4S. The van der Waals surface area contributed by atoms with Gasteiger partial charge in [0.1, 0.15) is 10.9 Å². The van der Waals surface area contributed by atoms with Crippen LogP contribution in [0.1, 0.15) is 30.6 Å². The highest BCUT2D eigenvalue weighted by molar-refractivity contribution is 8.00. The Morgan fingerprint density at radius 1 is 1.32 bits per heavy atom. The van der Waals surface area contributed by atoms with Crippen molar-refractivity contribution in [2.24, 2.45) is 0 Å². The predicted octanol–water partition coefficient (Wildman–Crippen LogP) is 2.32. The van der Waals surface area contributed by atoms with Gasteiger partial charge < -0.3 is 15.8 Å². The van der Waals surface area contributed by atoms with Gasteiger partial charge in [-0.2, -0.15) is 0 Å². The topological polar surface area (TPSA) is 127 Å². The number of benzene rings is 1. The maximum atomic E-state index is 13.3. The molecule has 2 rings (SSSR count). The molecule has 28 heavy (non-hydrogen) atoms. The van der Waals surface area contributed by atoms with Crippen LogP contribution in [0, 0.1) is 11.6 Å². The number of esters is 1. The van der Waals surface area contributed by atoms with Gasteiger partial charge >= 0.3 is 5.97 Å². The average molecular weight is 412 g/mol. The number of hydrogen-bond donors (Lipinski definition) is 3. The number of amides is 1. The molecule has 0 aliphatic rings. The molecule has 1 aromatic heterocycles. The lowest BCUT2D eigenvalue weighted by Crippen LogP contribution is -2.24. The Balaban J connectivity index is 2.21. The molecule has 0 saturated carbocycles. The van der Waals surface area contributed by atoms with Crippen LogP contribution in [0.2, 0.25) is 0 Å². The molecule has 0 aliphatic heterocycles. The molecule has 1 amide bonds. The lowest BCUT2D eigenvalue weighted by molar-refractivity contribution is -0.142. The van der Waals surface area contributed by atoms with E-state index in [1.165, 1.54) is 0 Å². The first-order chi connectivity index (χ1) is 13.3. The molecule has 0 aliphatic carbocycles. The second kappa shape index (κ2) is 9.31. The zero-order valence-electron chi connectivity index (χ0n) is 15.0. The number of rotatable bonds is 7. The van der Waals surface area contributed by atoms with Crippen LogP contribution in [-0.2, 0) is 9.53 Å². The van der Waals surface area contributed by atoms with Gasteiger partial charge in [-0.3, -0.25) is 19.4 Å². The third-order valence-electron chi connectivity index (χ3n) is 3.52. The predicted molar refractivity (Wildman–Crippen MR) is 100 cm³/mol. The molecular weight excluding hydrogens is 394 g/mol. The largest absolute Gasteiger partial charge is 0.465 e. The lowest BCUT2D eigenvalue weighted by atomic mass is 10.2. The van der Waals surface area contributed by atoms with Crippen molar-refractivity contribution >= 4 is 35.1 Å². The maximum absolute atomic E-state index is 13.3. The minimum Gasteiger partial charge on any atom is -0.465 e. The minimum atomic E-state index is -1.20. The molecule has 0 unspecified atom stereocenters. The number of carbonyl (C=O) groups is 2. The number of ether oxygens (including phenoxy) is 1. The number of nitrogens with two attached hydrogens (primary N) is 1. The number of nitrogen functional groups attached to an aromatic ring is 1. The van der Waals surface area contributed by atoms with Gasteiger partial charge in [0.15, 0.2) is 22.6 Å². The molecule has 1 atom stereocenters. The molecule has 4 N–H and O–H groups in total. The zero-order valence-corrected chi connectivity index (χ0v) is 15.9. The van der Waals surface area contributed by atoms with Gasteiger partial charge in [0.2, 0.25) is 0 Å². The van der Waals surface area contributed by atoms with Crippen molar-refractivity contribution in [1.82, 2.24) is 9.97 Å². The third-order valence-corrected chi connectivity index (χ3v) is 4.75. The molecule has 0 bridgehead atoms. The second-order valence-electron chi connectivity index (χ2n) is 5.48. The van der Waals surface area contributed by atoms with Crippen molar-refractivity contribution in [2.45, 2.75) is 30.7 Å². The van der Waals surface area contributed by atoms with E-state index >= 15 is 0 Å². The van der Waals surface area contributed by atoms with E-state index < -0.39 is 34.3 Å². The molecule has 1 heterocycles. The SMILES string of the molecule is CCOC(=O)[C@H](CC)Sc1nc(N)c(NC(=O)c2ccc(F)c(F)c2)c(=O)[nH]1. The van der Waals surface area contributed by atoms with Crippen molar-refractivity contribution in [3.8, 4) is 0 Å². The second-order valence-corrected chi connectivity index (χ2v) is 6.67. The summed E-state index contributed by atoms with van der Waals surface area (Å²) in [5.74, 6) is -3.92. The summed E-state index contributed by atoms with van der Waals surface area (Å²) in [6.45, 7) is 3.67. The van der Waals surface area contributed by atoms with Crippen LogP contribution in [-0.4, -0.2) is 33.7 Å². The minimum absolute atomic E-state index is 0.0771. The number of hydrogen-bond acceptors (Lipinski definition) is 7. The molecule has 0 radical (unpaired) electrons. The van der Waals surface area contributed by atoms with Crippen LogP contribution in [0.5, 0.6) is 0 Å². The quantitative estimate of drug-likeness (QED) is 0.362. The zero-order chi connectivity index (χ0) is 20.8. The summed E-state index contributed by atoms with van der Waals surface area (Å²) in [6.07, 6.45) is 0.432. The Hall–Kier alpha value is -2.95. The monoisotopic (exact) mass is 412 g/mol. The van der Waals surface area contributed by atoms with Crippen molar-refractivity contribution in [3.05, 3.63) is 45.8 Å². The number of anilines is 2. The van der Waals surface area contributed by atoms with Gasteiger partial charge in [0.25, 0.3) is 11.5 Å². The van der Waals surface area contributed by atoms with Gasteiger partial charge in [0, 0.05) is 5.56 Å². The highest BCUT2D eigenvalue weighted by Gasteiger charge is 2.22. The van der Waals surface area contributed by atoms with E-state index in [4.69, 9.17) is 10.5 Å². The fraction of sp³-hybridized carbons (Fsp3) is 0.294. The van der Waals surface area contributed by atoms with Crippen molar-refractivity contribution in [1.29, 1.82) is 0 Å². The molecule has 1 aromatic carbocycles. The molecule has 11 heteroatoms. The van der Waals surface area contributed by atoms with E-state index in [1.54, 1.807) is 13.8 Å². The summed E-state index contributed by atoms with van der Waals surface area (Å²) in [4.78, 5) is 42.7. The van der Waals surface area contributed by atoms with Crippen LogP contribution >= 0.6 is 11.8 Å². The Kier molecular flexibility index (Phi) is 7.10. The van der Waals surface area contributed by atoms with Gasteiger partial charge in [0.05, 0.1) is 6.61 Å². The average Bonchev–Trinajstić information content (AvgIpc) is 2.64. The van der Waals surface area contributed by atoms with Crippen molar-refractivity contribution < 1.29 is 23.1 Å². The van der Waals surface area contributed by atoms with Gasteiger partial charge in [-0.25, -0.2) is 13.8 Å². The molecule has 0 spiro atoms. The maximum Gasteiger partial charge on any atom is 0.319 e. The van der Waals surface area contributed by atoms with Crippen LogP contribution < -0.4 is 16.6 Å². The van der Waals surface area contributed by atoms with E-state index in [0.717, 1.165) is 23.9 Å². The van der Waals surface area contributed by atoms with E-state index in [9.17, 15) is 23.2 Å². The normalized spacial score (nSPS) is 11.7. The summed E-state index contributed by atoms with van der Waals surface area (Å²) < 4.78 is 31.2. The van der Waals surface area contributed by atoms with Crippen molar-refractivity contribution in [2.75, 3.05) is 17.7 Å². The first-order valence-electron chi connectivity index (χ1n) is 8.26. The number of halogens is 2. The summed E-state index contributed by atoms with van der Waals surface area (Å²) in [5, 5.41) is 1.70. The number of thioether (sulfide) groups is 1. The fourth-order valence-corrected chi connectivity index (χ4v) is 3.04. The number of nitrogens with one attached hydrogen (secondary N) is 2. The van der Waals surface area contributed by atoms with Crippen LogP contribution in [0.25, 0.3) is 0 Å². The first kappa shape index (κ1) is 21.4. The smallest absolute Gasteiger partial charge is 0.319 e. The van der Waals surface area contributed by atoms with Crippen LogP contribution in [0.3, 0.4) is 0 Å². The fourth-order valence-electron chi connectivity index (χ4n) is 2.14. The molecule has 8 nitrogen and oxygen atoms in total. The number of H-pyrrole nitrogens is 1. The van der Waals surface area contributed by atoms with Gasteiger partial charge in [-0.05, 0) is 31.5 Å². The Labute approximate surface area is 162 Å². The Morgan fingerprint density at radius 2 is 2.04 bits per heavy atom. The lowest BCUT2D eigenvalue weighted by Gasteiger charge is -2.13. The van der Waals surface area contributed by atoms with Crippen LogP contribution in [0.15, 0.2) is 28.2 Å². The van der Waals surface area contributed by atoms with Gasteiger partial charge in [-0.1, -0.05) is 18.7 Å². The summed E-state index contributed by atoms with van der Waals surface area (Å²) in [6, 6.07) is 2.54. The Bertz CT molecular complexity index is 951. The Morgan fingerprint density at radius 3 is 2.61 bits per heavy atom. The first-order valence-corrected chi connectivity index (χ1v) is 9.14. The molecule has 0 saturated heterocycles. The van der Waals surface area contributed by atoms with Crippen LogP contribution in [0.4, 0.5) is 20.3 Å². The summed E-state index contributed by atoms with van der Waals surface area (Å²) in [5.41, 5.74) is 4.44. The molecule has 0 fully saturated rings. The molecule has 2 aromatic rings. The standard InChI is InChI=1S/C17H18F2N4O4S/c1-3-11(16(26)27-4-2)28-17-22-13(20)12(15(25)23-17)21-14(24)8-5-6-9(18)10(19)7-8/h5-7,11H,3-4H2,1-2H3,(H,21,24)(H3,20,22,23,25)/t11-/m0/s1. The van der Waals surface area contributed by atoms with E-state index in [2.05, 4.69) is 15.3 Å². The molecule has 150 valence electrons. The summed E-state index contributed by atoms with van der Waals surface area (Å²) in [7, 11) is 0.